The molecule has 216 valence electrons. The van der Waals surface area contributed by atoms with Gasteiger partial charge in [-0.1, -0.05) is 12.1 Å². The number of benzene rings is 1. The number of esters is 1. The third-order valence-electron chi connectivity index (χ3n) is 7.70. The Hall–Kier alpha value is -3.58. The number of piperazine rings is 1. The second kappa shape index (κ2) is 12.5. The van der Waals surface area contributed by atoms with E-state index in [1.807, 2.05) is 22.4 Å². The van der Waals surface area contributed by atoms with Crippen molar-refractivity contribution in [1.82, 2.24) is 19.9 Å². The van der Waals surface area contributed by atoms with Gasteiger partial charge in [0.25, 0.3) is 0 Å². The van der Waals surface area contributed by atoms with Crippen molar-refractivity contribution in [3.63, 3.8) is 0 Å². The van der Waals surface area contributed by atoms with Crippen LogP contribution in [-0.4, -0.2) is 90.5 Å². The Morgan fingerprint density at radius 1 is 0.829 bits per heavy atom. The molecule has 0 bridgehead atoms. The average Bonchev–Trinajstić information content (AvgIpc) is 3.83. The van der Waals surface area contributed by atoms with Gasteiger partial charge in [0.2, 0.25) is 5.95 Å². The molecule has 2 aromatic heterocycles. The quantitative estimate of drug-likeness (QED) is 0.307. The van der Waals surface area contributed by atoms with Crippen molar-refractivity contribution in [3.8, 4) is 11.3 Å². The van der Waals surface area contributed by atoms with E-state index in [1.54, 1.807) is 12.1 Å². The first-order valence-corrected chi connectivity index (χ1v) is 15.8. The number of carbonyl (C=O) groups is 2. The smallest absolute Gasteiger partial charge is 0.337 e. The number of nitrogens with zero attached hydrogens (tertiary/aromatic N) is 7. The molecule has 0 spiro atoms. The molecule has 1 amide bonds. The van der Waals surface area contributed by atoms with Crippen LogP contribution in [0.3, 0.4) is 0 Å². The van der Waals surface area contributed by atoms with Gasteiger partial charge in [0, 0.05) is 81.3 Å². The van der Waals surface area contributed by atoms with Gasteiger partial charge < -0.3 is 24.3 Å². The number of amides is 1. The molecule has 6 rings (SSSR count). The highest BCUT2D eigenvalue weighted by atomic mass is 32.2. The van der Waals surface area contributed by atoms with Crippen LogP contribution in [0.5, 0.6) is 0 Å². The standard InChI is InChI=1S/C28H34N8O3S2/c1-39-25(37)21-8-6-20(7-9-21)22-19-40-27(29-22)32-41-28(38)36-16-14-34(15-17-36)24-18-23(33-10-2-3-11-33)30-26(31-24)35-12-4-5-13-35/h6-9,18-19H,2-5,10-17H2,1H3,(H,29,32). The Labute approximate surface area is 248 Å². The molecule has 0 radical (unpaired) electrons. The van der Waals surface area contributed by atoms with E-state index in [-0.39, 0.29) is 11.2 Å². The van der Waals surface area contributed by atoms with E-state index >= 15 is 0 Å². The summed E-state index contributed by atoms with van der Waals surface area (Å²) in [6.07, 6.45) is 4.78. The zero-order chi connectivity index (χ0) is 28.2. The molecule has 13 heteroatoms. The lowest BCUT2D eigenvalue weighted by Crippen LogP contribution is -2.48. The van der Waals surface area contributed by atoms with Crippen molar-refractivity contribution in [2.24, 2.45) is 0 Å². The van der Waals surface area contributed by atoms with Crippen molar-refractivity contribution in [1.29, 1.82) is 0 Å². The fourth-order valence-corrected chi connectivity index (χ4v) is 6.77. The summed E-state index contributed by atoms with van der Waals surface area (Å²) in [6.45, 7) is 6.83. The number of nitrogens with one attached hydrogen (secondary N) is 1. The molecule has 3 fully saturated rings. The molecule has 5 heterocycles. The van der Waals surface area contributed by atoms with Gasteiger partial charge in [-0.25, -0.2) is 9.78 Å². The lowest BCUT2D eigenvalue weighted by molar-refractivity contribution is 0.0600. The van der Waals surface area contributed by atoms with Gasteiger partial charge in [-0.2, -0.15) is 9.97 Å². The predicted molar refractivity (Wildman–Crippen MR) is 164 cm³/mol. The average molecular weight is 595 g/mol. The highest BCUT2D eigenvalue weighted by molar-refractivity contribution is 8.14. The summed E-state index contributed by atoms with van der Waals surface area (Å²) in [6, 6.07) is 9.23. The summed E-state index contributed by atoms with van der Waals surface area (Å²) in [5, 5.41) is 2.55. The molecule has 3 aliphatic rings. The summed E-state index contributed by atoms with van der Waals surface area (Å²) in [5.74, 6) is 2.44. The van der Waals surface area contributed by atoms with Crippen molar-refractivity contribution >= 4 is 57.2 Å². The number of rotatable bonds is 7. The van der Waals surface area contributed by atoms with Crippen molar-refractivity contribution < 1.29 is 14.3 Å². The van der Waals surface area contributed by atoms with Crippen LogP contribution in [-0.2, 0) is 4.74 Å². The minimum Gasteiger partial charge on any atom is -0.465 e. The molecular weight excluding hydrogens is 560 g/mol. The number of methoxy groups -OCH3 is 1. The number of anilines is 4. The van der Waals surface area contributed by atoms with Crippen LogP contribution in [0, 0.1) is 0 Å². The fourth-order valence-electron chi connectivity index (χ4n) is 5.36. The highest BCUT2D eigenvalue weighted by Gasteiger charge is 2.26. The first kappa shape index (κ1) is 27.6. The molecule has 1 aromatic carbocycles. The Morgan fingerprint density at radius 2 is 1.44 bits per heavy atom. The minimum atomic E-state index is -0.372. The predicted octanol–water partition coefficient (Wildman–Crippen LogP) is 4.59. The Morgan fingerprint density at radius 3 is 2.07 bits per heavy atom. The molecular formula is C28H34N8O3S2. The van der Waals surface area contributed by atoms with Crippen LogP contribution in [0.25, 0.3) is 11.3 Å². The summed E-state index contributed by atoms with van der Waals surface area (Å²) in [4.78, 5) is 48.0. The zero-order valence-corrected chi connectivity index (χ0v) is 24.8. The van der Waals surface area contributed by atoms with Gasteiger partial charge in [0.05, 0.1) is 18.4 Å². The first-order valence-electron chi connectivity index (χ1n) is 14.1. The largest absolute Gasteiger partial charge is 0.465 e. The Balaban J connectivity index is 1.04. The van der Waals surface area contributed by atoms with Crippen molar-refractivity contribution in [2.45, 2.75) is 25.7 Å². The maximum Gasteiger partial charge on any atom is 0.337 e. The number of ether oxygens (including phenoxy) is 1. The van der Waals surface area contributed by atoms with E-state index in [4.69, 9.17) is 14.7 Å². The summed E-state index contributed by atoms with van der Waals surface area (Å²) in [5.41, 5.74) is 2.16. The minimum absolute atomic E-state index is 0.0259. The van der Waals surface area contributed by atoms with E-state index in [2.05, 4.69) is 30.5 Å². The molecule has 3 aromatic rings. The molecule has 3 saturated heterocycles. The fraction of sp³-hybridized carbons (Fsp3) is 0.464. The lowest BCUT2D eigenvalue weighted by atomic mass is 10.1. The number of aromatic nitrogens is 3. The Kier molecular flexibility index (Phi) is 8.42. The van der Waals surface area contributed by atoms with Gasteiger partial charge in [-0.3, -0.25) is 9.52 Å². The monoisotopic (exact) mass is 594 g/mol. The number of carbonyl (C=O) groups excluding carboxylic acids is 2. The van der Waals surface area contributed by atoms with Crippen LogP contribution in [0.15, 0.2) is 35.7 Å². The van der Waals surface area contributed by atoms with Gasteiger partial charge in [0.15, 0.2) is 5.13 Å². The van der Waals surface area contributed by atoms with Crippen LogP contribution < -0.4 is 19.4 Å². The van der Waals surface area contributed by atoms with E-state index < -0.39 is 0 Å². The normalized spacial score (nSPS) is 17.3. The summed E-state index contributed by atoms with van der Waals surface area (Å²) < 4.78 is 7.86. The van der Waals surface area contributed by atoms with Crippen LogP contribution in [0.1, 0.15) is 36.0 Å². The second-order valence-corrected chi connectivity index (χ2v) is 11.9. The number of thiazole rings is 1. The van der Waals surface area contributed by atoms with E-state index in [0.29, 0.717) is 23.8 Å². The van der Waals surface area contributed by atoms with Crippen LogP contribution in [0.2, 0.25) is 0 Å². The molecule has 0 unspecified atom stereocenters. The maximum atomic E-state index is 13.0. The topological polar surface area (TPSA) is 107 Å². The van der Waals surface area contributed by atoms with E-state index in [9.17, 15) is 9.59 Å². The third-order valence-corrected chi connectivity index (χ3v) is 9.31. The molecule has 3 aliphatic heterocycles. The maximum absolute atomic E-state index is 13.0. The zero-order valence-electron chi connectivity index (χ0n) is 23.1. The second-order valence-electron chi connectivity index (χ2n) is 10.3. The van der Waals surface area contributed by atoms with E-state index in [0.717, 1.165) is 80.1 Å². The van der Waals surface area contributed by atoms with Gasteiger partial charge >= 0.3 is 11.2 Å². The molecule has 0 aliphatic carbocycles. The molecule has 41 heavy (non-hydrogen) atoms. The van der Waals surface area contributed by atoms with Crippen molar-refractivity contribution in [2.75, 3.05) is 78.9 Å². The van der Waals surface area contributed by atoms with Crippen molar-refractivity contribution in [3.05, 3.63) is 41.3 Å². The van der Waals surface area contributed by atoms with Crippen LogP contribution >= 0.6 is 23.3 Å². The molecule has 1 N–H and O–H groups in total. The SMILES string of the molecule is COC(=O)c1ccc(-c2csc(NSC(=O)N3CCN(c4cc(N5CCCC5)nc(N5CCCC5)n4)CC3)n2)cc1. The van der Waals surface area contributed by atoms with Gasteiger partial charge in [-0.05, 0) is 37.8 Å². The first-order chi connectivity index (χ1) is 20.1. The van der Waals surface area contributed by atoms with Gasteiger partial charge in [-0.15, -0.1) is 11.3 Å². The van der Waals surface area contributed by atoms with Crippen LogP contribution in [0.4, 0.5) is 27.5 Å². The lowest BCUT2D eigenvalue weighted by Gasteiger charge is -2.35. The molecule has 11 nitrogen and oxygen atoms in total. The Bertz CT molecular complexity index is 1330. The highest BCUT2D eigenvalue weighted by Crippen LogP contribution is 2.30. The third kappa shape index (κ3) is 6.35. The number of hydrogen-bond acceptors (Lipinski definition) is 12. The molecule has 0 atom stereocenters. The summed E-state index contributed by atoms with van der Waals surface area (Å²) >= 11 is 2.49. The molecule has 0 saturated carbocycles. The number of hydrogen-bond donors (Lipinski definition) is 1. The summed E-state index contributed by atoms with van der Waals surface area (Å²) in [7, 11) is 1.36. The van der Waals surface area contributed by atoms with E-state index in [1.165, 1.54) is 44.1 Å². The van der Waals surface area contributed by atoms with Gasteiger partial charge in [0.1, 0.15) is 11.6 Å².